The fraction of sp³-hybridized carbons (Fsp3) is 0.227. The molecule has 1 fully saturated rings. The molecule has 178 valence electrons. The quantitative estimate of drug-likeness (QED) is 0.256. The van der Waals surface area contributed by atoms with Gasteiger partial charge in [0.1, 0.15) is 17.1 Å². The molecule has 2 N–H and O–H groups in total. The molecule has 12 heteroatoms. The third kappa shape index (κ3) is 4.60. The molecule has 1 heterocycles. The molecule has 12 nitrogen and oxygen atoms in total. The zero-order valence-corrected chi connectivity index (χ0v) is 18.5. The van der Waals surface area contributed by atoms with Crippen molar-refractivity contribution in [3.63, 3.8) is 0 Å². The Labute approximate surface area is 193 Å². The summed E-state index contributed by atoms with van der Waals surface area (Å²) >= 11 is 0. The van der Waals surface area contributed by atoms with E-state index in [1.165, 1.54) is 19.2 Å². The first-order valence-corrected chi connectivity index (χ1v) is 10.1. The molecule has 0 saturated carbocycles. The lowest BCUT2D eigenvalue weighted by Gasteiger charge is -2.28. The largest absolute Gasteiger partial charge is 0.504 e. The van der Waals surface area contributed by atoms with Crippen molar-refractivity contribution in [2.24, 2.45) is 0 Å². The van der Waals surface area contributed by atoms with Crippen LogP contribution in [0.5, 0.6) is 23.0 Å². The number of nitrogens with zero attached hydrogens (tertiary/aromatic N) is 2. The lowest BCUT2D eigenvalue weighted by molar-refractivity contribution is -0.385. The Morgan fingerprint density at radius 2 is 1.79 bits per heavy atom. The maximum Gasteiger partial charge on any atom is 0.336 e. The molecule has 34 heavy (non-hydrogen) atoms. The van der Waals surface area contributed by atoms with E-state index in [0.29, 0.717) is 17.3 Å². The zero-order valence-electron chi connectivity index (χ0n) is 18.5. The van der Waals surface area contributed by atoms with Gasteiger partial charge in [-0.25, -0.2) is 9.69 Å². The van der Waals surface area contributed by atoms with Crippen molar-refractivity contribution in [1.29, 1.82) is 0 Å². The van der Waals surface area contributed by atoms with Crippen LogP contribution in [-0.4, -0.2) is 48.2 Å². The molecule has 1 saturated heterocycles. The average Bonchev–Trinajstić information content (AvgIpc) is 2.79. The van der Waals surface area contributed by atoms with Gasteiger partial charge in [0.15, 0.2) is 11.5 Å². The molecule has 0 bridgehead atoms. The van der Waals surface area contributed by atoms with Crippen LogP contribution in [0.1, 0.15) is 19.4 Å². The number of carbonyl (C=O) groups excluding carboxylic acids is 3. The topological polar surface area (TPSA) is 158 Å². The number of hydrogen-bond donors (Lipinski definition) is 2. The van der Waals surface area contributed by atoms with Crippen LogP contribution in [0.3, 0.4) is 0 Å². The van der Waals surface area contributed by atoms with Gasteiger partial charge < -0.3 is 19.3 Å². The van der Waals surface area contributed by atoms with Crippen LogP contribution in [0.4, 0.5) is 16.2 Å². The van der Waals surface area contributed by atoms with E-state index in [2.05, 4.69) is 5.32 Å². The lowest BCUT2D eigenvalue weighted by atomic mass is 10.0. The number of amides is 4. The molecule has 0 atom stereocenters. The van der Waals surface area contributed by atoms with Gasteiger partial charge in [0.2, 0.25) is 0 Å². The number of rotatable bonds is 8. The summed E-state index contributed by atoms with van der Waals surface area (Å²) in [5.74, 6) is -2.31. The Morgan fingerprint density at radius 1 is 1.09 bits per heavy atom. The van der Waals surface area contributed by atoms with E-state index in [1.54, 1.807) is 19.9 Å². The molecule has 3 rings (SSSR count). The summed E-state index contributed by atoms with van der Waals surface area (Å²) in [4.78, 5) is 49.6. The SMILES string of the molecule is CCOc1ccc(OCC)c(N2C(=O)NC(=O)/C(=C\c3cc([N+](=O)[O-])cc(OC)c3O)C2=O)c1. The van der Waals surface area contributed by atoms with E-state index < -0.39 is 39.8 Å². The first-order chi connectivity index (χ1) is 16.2. The van der Waals surface area contributed by atoms with Crippen LogP contribution < -0.4 is 24.4 Å². The minimum Gasteiger partial charge on any atom is -0.504 e. The Kier molecular flexibility index (Phi) is 7.00. The highest BCUT2D eigenvalue weighted by Gasteiger charge is 2.38. The number of barbiturate groups is 1. The van der Waals surface area contributed by atoms with Gasteiger partial charge in [0, 0.05) is 17.7 Å². The molecule has 0 unspecified atom stereocenters. The standard InChI is InChI=1S/C22H21N3O9/c1-4-33-14-6-7-17(34-5-2)16(11-14)24-21(28)15(20(27)23-22(24)29)9-12-8-13(25(30)31)10-18(32-3)19(12)26/h6-11,26H,4-5H2,1-3H3,(H,23,27,29)/b15-9+. The number of urea groups is 1. The number of nitro groups is 1. The fourth-order valence-electron chi connectivity index (χ4n) is 3.22. The van der Waals surface area contributed by atoms with Crippen LogP contribution in [0.25, 0.3) is 6.08 Å². The zero-order chi connectivity index (χ0) is 25.0. The van der Waals surface area contributed by atoms with Crippen LogP contribution >= 0.6 is 0 Å². The van der Waals surface area contributed by atoms with E-state index in [-0.39, 0.29) is 29.4 Å². The molecule has 2 aromatic rings. The monoisotopic (exact) mass is 471 g/mol. The number of nitrogens with one attached hydrogen (secondary N) is 1. The number of imide groups is 2. The van der Waals surface area contributed by atoms with E-state index in [0.717, 1.165) is 18.2 Å². The van der Waals surface area contributed by atoms with Crippen LogP contribution in [0.15, 0.2) is 35.9 Å². The molecule has 2 aromatic carbocycles. The number of phenols is 1. The highest BCUT2D eigenvalue weighted by Crippen LogP contribution is 2.38. The van der Waals surface area contributed by atoms with Crippen molar-refractivity contribution in [1.82, 2.24) is 5.32 Å². The van der Waals surface area contributed by atoms with Crippen molar-refractivity contribution >= 4 is 35.3 Å². The highest BCUT2D eigenvalue weighted by molar-refractivity contribution is 6.39. The highest BCUT2D eigenvalue weighted by atomic mass is 16.6. The van der Waals surface area contributed by atoms with Crippen molar-refractivity contribution < 1.29 is 38.6 Å². The number of aromatic hydroxyl groups is 1. The lowest BCUT2D eigenvalue weighted by Crippen LogP contribution is -2.54. The summed E-state index contributed by atoms with van der Waals surface area (Å²) in [6.07, 6.45) is 0.939. The van der Waals surface area contributed by atoms with Gasteiger partial charge >= 0.3 is 6.03 Å². The Bertz CT molecular complexity index is 1210. The van der Waals surface area contributed by atoms with Crippen LogP contribution in [0, 0.1) is 10.1 Å². The number of hydrogen-bond acceptors (Lipinski definition) is 9. The molecule has 0 spiro atoms. The van der Waals surface area contributed by atoms with E-state index >= 15 is 0 Å². The average molecular weight is 471 g/mol. The van der Waals surface area contributed by atoms with Gasteiger partial charge in [-0.05, 0) is 32.1 Å². The third-order valence-electron chi connectivity index (χ3n) is 4.70. The first-order valence-electron chi connectivity index (χ1n) is 10.1. The Balaban J connectivity index is 2.15. The van der Waals surface area contributed by atoms with E-state index in [4.69, 9.17) is 14.2 Å². The molecule has 1 aliphatic heterocycles. The summed E-state index contributed by atoms with van der Waals surface area (Å²) in [5, 5.41) is 23.7. The predicted molar refractivity (Wildman–Crippen MR) is 119 cm³/mol. The van der Waals surface area contributed by atoms with Crippen molar-refractivity contribution in [3.05, 3.63) is 51.6 Å². The number of anilines is 1. The van der Waals surface area contributed by atoms with Gasteiger partial charge in [-0.3, -0.25) is 25.0 Å². The minimum atomic E-state index is -1.05. The molecule has 0 aromatic heterocycles. The third-order valence-corrected chi connectivity index (χ3v) is 4.70. The van der Waals surface area contributed by atoms with Crippen molar-refractivity contribution in [3.8, 4) is 23.0 Å². The summed E-state index contributed by atoms with van der Waals surface area (Å²) in [6, 6.07) is 5.45. The Hall–Kier alpha value is -4.61. The second-order valence-electron chi connectivity index (χ2n) is 6.80. The molecular weight excluding hydrogens is 450 g/mol. The first kappa shape index (κ1) is 24.0. The van der Waals surface area contributed by atoms with E-state index in [9.17, 15) is 29.6 Å². The molecule has 1 aliphatic rings. The van der Waals surface area contributed by atoms with E-state index in [1.807, 2.05) is 0 Å². The number of phenolic OH excluding ortho intramolecular Hbond substituents is 1. The second kappa shape index (κ2) is 9.90. The number of carbonyl (C=O) groups is 3. The normalized spacial score (nSPS) is 14.7. The van der Waals surface area contributed by atoms with Crippen LogP contribution in [-0.2, 0) is 9.59 Å². The predicted octanol–water partition coefficient (Wildman–Crippen LogP) is 2.77. The van der Waals surface area contributed by atoms with Crippen LogP contribution in [0.2, 0.25) is 0 Å². The number of benzene rings is 2. The Morgan fingerprint density at radius 3 is 2.41 bits per heavy atom. The minimum absolute atomic E-state index is 0.0227. The van der Waals surface area contributed by atoms with Gasteiger partial charge in [-0.2, -0.15) is 0 Å². The van der Waals surface area contributed by atoms with Crippen molar-refractivity contribution in [2.75, 3.05) is 25.2 Å². The van der Waals surface area contributed by atoms with Gasteiger partial charge in [-0.15, -0.1) is 0 Å². The van der Waals surface area contributed by atoms with Gasteiger partial charge in [0.05, 0.1) is 37.0 Å². The molecular formula is C22H21N3O9. The number of nitro benzene ring substituents is 1. The maximum atomic E-state index is 13.3. The number of methoxy groups -OCH3 is 1. The maximum absolute atomic E-state index is 13.3. The molecule has 0 radical (unpaired) electrons. The fourth-order valence-corrected chi connectivity index (χ4v) is 3.22. The summed E-state index contributed by atoms with van der Waals surface area (Å²) in [5.41, 5.74) is -1.20. The summed E-state index contributed by atoms with van der Waals surface area (Å²) in [6.45, 7) is 4.03. The van der Waals surface area contributed by atoms with Gasteiger partial charge in [0.25, 0.3) is 17.5 Å². The number of ether oxygens (including phenoxy) is 3. The summed E-state index contributed by atoms with van der Waals surface area (Å²) < 4.78 is 15.9. The van der Waals surface area contributed by atoms with Gasteiger partial charge in [-0.1, -0.05) is 0 Å². The van der Waals surface area contributed by atoms with Crippen molar-refractivity contribution in [2.45, 2.75) is 13.8 Å². The smallest absolute Gasteiger partial charge is 0.336 e. The summed E-state index contributed by atoms with van der Waals surface area (Å²) in [7, 11) is 1.19. The molecule has 4 amide bonds. The second-order valence-corrected chi connectivity index (χ2v) is 6.80. The number of non-ortho nitro benzene ring substituents is 1. The molecule has 0 aliphatic carbocycles.